The van der Waals surface area contributed by atoms with Crippen molar-refractivity contribution in [2.75, 3.05) is 27.8 Å². The Balaban J connectivity index is 1.00. The molecule has 5 aromatic rings. The Morgan fingerprint density at radius 1 is 0.930 bits per heavy atom. The summed E-state index contributed by atoms with van der Waals surface area (Å²) in [5.41, 5.74) is 7.06. The summed E-state index contributed by atoms with van der Waals surface area (Å²) in [4.78, 5) is 26.0. The van der Waals surface area contributed by atoms with E-state index in [1.165, 1.54) is 0 Å². The molecule has 0 radical (unpaired) electrons. The van der Waals surface area contributed by atoms with E-state index >= 15 is 0 Å². The van der Waals surface area contributed by atoms with E-state index in [1.807, 2.05) is 53.3 Å². The second-order valence-corrected chi connectivity index (χ2v) is 16.9. The molecule has 1 aromatic heterocycles. The topological polar surface area (TPSA) is 118 Å². The molecule has 3 N–H and O–H groups in total. The summed E-state index contributed by atoms with van der Waals surface area (Å²) in [6, 6.07) is 22.6. The minimum atomic E-state index is -0.640. The van der Waals surface area contributed by atoms with Gasteiger partial charge >= 0.3 is 5.97 Å². The number of rotatable bonds is 14. The number of carboxylic acid groups (broad SMARTS) is 1. The number of methoxy groups -OCH3 is 2. The third-order valence-electron chi connectivity index (χ3n) is 13.0. The lowest BCUT2D eigenvalue weighted by molar-refractivity contribution is -0.160. The van der Waals surface area contributed by atoms with Crippen LogP contribution >= 0.6 is 23.2 Å². The van der Waals surface area contributed by atoms with E-state index in [4.69, 9.17) is 37.8 Å². The van der Waals surface area contributed by atoms with Crippen LogP contribution in [0, 0.1) is 5.41 Å². The van der Waals surface area contributed by atoms with Crippen LogP contribution in [0.25, 0.3) is 33.2 Å². The van der Waals surface area contributed by atoms with Crippen molar-refractivity contribution in [2.45, 2.75) is 82.6 Å². The second-order valence-electron chi connectivity index (χ2n) is 16.1. The molecule has 298 valence electrons. The summed E-state index contributed by atoms with van der Waals surface area (Å²) in [5, 5.41) is 23.4. The van der Waals surface area contributed by atoms with Gasteiger partial charge in [0.2, 0.25) is 5.91 Å². The monoisotopic (exact) mass is 809 g/mol. The fourth-order valence-electron chi connectivity index (χ4n) is 9.41. The number of aliphatic carboxylic acids is 1. The number of halogens is 2. The Morgan fingerprint density at radius 3 is 2.33 bits per heavy atom. The number of amides is 1. The maximum absolute atomic E-state index is 12.0. The molecule has 1 atom stereocenters. The number of benzene rings is 4. The van der Waals surface area contributed by atoms with Crippen LogP contribution in [-0.2, 0) is 29.2 Å². The molecule has 2 heterocycles. The van der Waals surface area contributed by atoms with Crippen molar-refractivity contribution in [1.82, 2.24) is 25.3 Å². The third-order valence-corrected chi connectivity index (χ3v) is 13.8. The van der Waals surface area contributed by atoms with Gasteiger partial charge in [-0.15, -0.1) is 0 Å². The van der Waals surface area contributed by atoms with E-state index < -0.39 is 11.4 Å². The molecule has 1 aliphatic heterocycles. The summed E-state index contributed by atoms with van der Waals surface area (Å²) < 4.78 is 13.7. The first-order valence-electron chi connectivity index (χ1n) is 19.7. The number of ether oxygens (including phenoxy) is 2. The minimum Gasteiger partial charge on any atom is -0.496 e. The van der Waals surface area contributed by atoms with Gasteiger partial charge in [-0.25, -0.2) is 0 Å². The zero-order valence-electron chi connectivity index (χ0n) is 32.7. The lowest BCUT2D eigenvalue weighted by Crippen LogP contribution is -2.56. The lowest BCUT2D eigenvalue weighted by Gasteiger charge is -2.55. The van der Waals surface area contributed by atoms with E-state index in [0.717, 1.165) is 106 Å². The van der Waals surface area contributed by atoms with Crippen molar-refractivity contribution in [2.24, 2.45) is 5.41 Å². The quantitative estimate of drug-likeness (QED) is 0.102. The van der Waals surface area contributed by atoms with Gasteiger partial charge in [0.1, 0.15) is 11.5 Å². The maximum atomic E-state index is 12.0. The highest BCUT2D eigenvalue weighted by Gasteiger charge is 2.54. The van der Waals surface area contributed by atoms with E-state index in [-0.39, 0.29) is 17.5 Å². The number of nitrogens with zero attached hydrogens (tertiary/aromatic N) is 3. The molecule has 1 amide bonds. The van der Waals surface area contributed by atoms with E-state index in [2.05, 4.69) is 46.8 Å². The van der Waals surface area contributed by atoms with Crippen LogP contribution in [0.5, 0.6) is 11.5 Å². The predicted molar refractivity (Wildman–Crippen MR) is 224 cm³/mol. The standard InChI is InChI=1S/C45H49Cl2N5O5/c1-51(45-17-14-44(15-18-45,16-19-45)43(54)55)26-31-20-37(46)30(22-40(31)57-3)27-52-38-9-5-7-34(36(38)25-49-52)35-8-4-6-33(42(35)47)28-10-11-29(39(21-28)56-2)23-48-24-32-12-13-41(53)50-32/h4-11,20-22,25,32,48H,12-19,23-24,26-27H2,1-3H3,(H,50,53)(H,54,55)/t32-,44?,45?/m0/s1. The van der Waals surface area contributed by atoms with Crippen LogP contribution < -0.4 is 20.1 Å². The molecular formula is C45H49Cl2N5O5. The molecule has 57 heavy (non-hydrogen) atoms. The number of aromatic nitrogens is 2. The van der Waals surface area contributed by atoms with Gasteiger partial charge in [-0.3, -0.25) is 19.2 Å². The summed E-state index contributed by atoms with van der Waals surface area (Å²) >= 11 is 14.3. The molecule has 12 heteroatoms. The van der Waals surface area contributed by atoms with E-state index in [1.54, 1.807) is 14.2 Å². The van der Waals surface area contributed by atoms with Crippen molar-refractivity contribution in [3.8, 4) is 33.8 Å². The van der Waals surface area contributed by atoms with Crippen molar-refractivity contribution < 1.29 is 24.2 Å². The van der Waals surface area contributed by atoms with Crippen LogP contribution in [-0.4, -0.2) is 71.1 Å². The molecule has 4 fully saturated rings. The molecule has 3 aliphatic carbocycles. The molecule has 3 saturated carbocycles. The van der Waals surface area contributed by atoms with Crippen molar-refractivity contribution in [3.63, 3.8) is 0 Å². The Bertz CT molecular complexity index is 2320. The van der Waals surface area contributed by atoms with Crippen molar-refractivity contribution in [3.05, 3.63) is 99.7 Å². The Kier molecular flexibility index (Phi) is 11.0. The van der Waals surface area contributed by atoms with Crippen LogP contribution in [0.3, 0.4) is 0 Å². The third kappa shape index (κ3) is 7.49. The summed E-state index contributed by atoms with van der Waals surface area (Å²) in [6.45, 7) is 2.43. The molecular weight excluding hydrogens is 761 g/mol. The van der Waals surface area contributed by atoms with Gasteiger partial charge in [-0.2, -0.15) is 5.10 Å². The smallest absolute Gasteiger partial charge is 0.309 e. The number of hydrogen-bond acceptors (Lipinski definition) is 7. The molecule has 2 bridgehead atoms. The highest BCUT2D eigenvalue weighted by Crippen LogP contribution is 2.55. The SMILES string of the molecule is COc1cc(-c2cccc(-c3cccc4c3cnn4Cc3cc(OC)c(CN(C)C45CCC(C(=O)O)(CC4)CC5)cc3Cl)c2Cl)ccc1CNC[C@@H]1CCC(=O)N1. The Morgan fingerprint density at radius 2 is 1.63 bits per heavy atom. The van der Waals surface area contributed by atoms with Gasteiger partial charge in [-0.05, 0) is 92.9 Å². The van der Waals surface area contributed by atoms with Gasteiger partial charge in [-0.1, -0.05) is 65.7 Å². The number of carbonyl (C=O) groups excluding carboxylic acids is 1. The van der Waals surface area contributed by atoms with Crippen LogP contribution in [0.1, 0.15) is 68.1 Å². The number of carbonyl (C=O) groups is 2. The zero-order chi connectivity index (χ0) is 39.9. The molecule has 1 saturated heterocycles. The van der Waals surface area contributed by atoms with Crippen LogP contribution in [0.15, 0.2) is 72.9 Å². The van der Waals surface area contributed by atoms with Gasteiger partial charge in [0.05, 0.1) is 42.9 Å². The minimum absolute atomic E-state index is 0.00604. The average Bonchev–Trinajstić information content (AvgIpc) is 3.85. The summed E-state index contributed by atoms with van der Waals surface area (Å²) in [7, 11) is 5.50. The van der Waals surface area contributed by atoms with Gasteiger partial charge in [0, 0.05) is 70.3 Å². The first-order chi connectivity index (χ1) is 27.5. The van der Waals surface area contributed by atoms with Crippen molar-refractivity contribution >= 4 is 46.0 Å². The Hall–Kier alpha value is -4.61. The first-order valence-corrected chi connectivity index (χ1v) is 20.5. The van der Waals surface area contributed by atoms with E-state index in [9.17, 15) is 14.7 Å². The molecule has 0 unspecified atom stereocenters. The number of nitrogens with one attached hydrogen (secondary N) is 2. The highest BCUT2D eigenvalue weighted by molar-refractivity contribution is 6.36. The summed E-state index contributed by atoms with van der Waals surface area (Å²) in [5.74, 6) is 1.01. The number of carboxylic acids is 1. The van der Waals surface area contributed by atoms with E-state index in [0.29, 0.717) is 42.6 Å². The predicted octanol–water partition coefficient (Wildman–Crippen LogP) is 8.72. The fourth-order valence-corrected chi connectivity index (χ4v) is 10.00. The fraction of sp³-hybridized carbons (Fsp3) is 0.400. The van der Waals surface area contributed by atoms with Crippen LogP contribution in [0.4, 0.5) is 0 Å². The molecule has 0 spiro atoms. The number of fused-ring (bicyclic) bond motifs is 4. The second kappa shape index (κ2) is 16.0. The maximum Gasteiger partial charge on any atom is 0.309 e. The van der Waals surface area contributed by atoms with Crippen molar-refractivity contribution in [1.29, 1.82) is 0 Å². The number of hydrogen-bond donors (Lipinski definition) is 3. The normalized spacial score (nSPS) is 21.6. The average molecular weight is 811 g/mol. The molecule has 4 aromatic carbocycles. The zero-order valence-corrected chi connectivity index (χ0v) is 34.2. The molecule has 10 nitrogen and oxygen atoms in total. The van der Waals surface area contributed by atoms with Crippen LogP contribution in [0.2, 0.25) is 10.0 Å². The largest absolute Gasteiger partial charge is 0.496 e. The highest BCUT2D eigenvalue weighted by atomic mass is 35.5. The Labute approximate surface area is 343 Å². The van der Waals surface area contributed by atoms with Gasteiger partial charge in [0.15, 0.2) is 0 Å². The lowest BCUT2D eigenvalue weighted by atomic mass is 9.57. The first kappa shape index (κ1) is 39.2. The molecule has 4 aliphatic rings. The van der Waals surface area contributed by atoms with Gasteiger partial charge in [0.25, 0.3) is 0 Å². The molecule has 9 rings (SSSR count). The summed E-state index contributed by atoms with van der Waals surface area (Å²) in [6.07, 6.45) is 8.17. The van der Waals surface area contributed by atoms with Gasteiger partial charge < -0.3 is 25.2 Å².